The third kappa shape index (κ3) is 3.24. The fourth-order valence-electron chi connectivity index (χ4n) is 2.67. The van der Waals surface area contributed by atoms with Gasteiger partial charge in [0.25, 0.3) is 0 Å². The van der Waals surface area contributed by atoms with Gasteiger partial charge in [-0.15, -0.1) is 11.3 Å². The van der Waals surface area contributed by atoms with E-state index in [1.165, 1.54) is 4.88 Å². The molecule has 1 fully saturated rings. The number of methoxy groups -OCH3 is 2. The summed E-state index contributed by atoms with van der Waals surface area (Å²) in [6.07, 6.45) is 1.90. The number of rotatable bonds is 5. The molecule has 3 rings (SSSR count). The van der Waals surface area contributed by atoms with Gasteiger partial charge in [-0.2, -0.15) is 0 Å². The number of aromatic nitrogens is 1. The molecule has 0 unspecified atom stereocenters. The Kier molecular flexibility index (Phi) is 4.92. The van der Waals surface area contributed by atoms with Crippen molar-refractivity contribution in [3.05, 3.63) is 40.3 Å². The lowest BCUT2D eigenvalue weighted by atomic mass is 10.2. The second-order valence-electron chi connectivity index (χ2n) is 5.10. The van der Waals surface area contributed by atoms with Gasteiger partial charge in [0.15, 0.2) is 11.5 Å². The van der Waals surface area contributed by atoms with Crippen LogP contribution in [-0.2, 0) is 11.3 Å². The fraction of sp³-hybridized carbons (Fsp3) is 0.438. The van der Waals surface area contributed by atoms with Crippen LogP contribution in [0.4, 0.5) is 0 Å². The van der Waals surface area contributed by atoms with Crippen molar-refractivity contribution in [2.45, 2.75) is 12.6 Å². The second-order valence-corrected chi connectivity index (χ2v) is 6.08. The standard InChI is InChI=1S/C16H20N2O3S/c1-19-13-5-6-17-12(16(13)20-2)10-18-7-8-21-14(11-18)15-4-3-9-22-15/h3-6,9,14H,7-8,10-11H2,1-2H3/t14-/m1/s1. The highest BCUT2D eigenvalue weighted by molar-refractivity contribution is 7.10. The smallest absolute Gasteiger partial charge is 0.183 e. The number of thiophene rings is 1. The SMILES string of the molecule is COc1ccnc(CN2CCO[C@@H](c3cccs3)C2)c1OC. The summed E-state index contributed by atoms with van der Waals surface area (Å²) >= 11 is 1.74. The van der Waals surface area contributed by atoms with Crippen LogP contribution < -0.4 is 9.47 Å². The van der Waals surface area contributed by atoms with Gasteiger partial charge in [0.1, 0.15) is 11.8 Å². The van der Waals surface area contributed by atoms with E-state index < -0.39 is 0 Å². The van der Waals surface area contributed by atoms with Crippen molar-refractivity contribution in [2.24, 2.45) is 0 Å². The number of hydrogen-bond donors (Lipinski definition) is 0. The van der Waals surface area contributed by atoms with Crippen LogP contribution in [0.15, 0.2) is 29.8 Å². The highest BCUT2D eigenvalue weighted by atomic mass is 32.1. The average Bonchev–Trinajstić information content (AvgIpc) is 3.09. The van der Waals surface area contributed by atoms with Crippen molar-refractivity contribution in [1.29, 1.82) is 0 Å². The molecule has 3 heterocycles. The molecule has 0 spiro atoms. The number of morpholine rings is 1. The Balaban J connectivity index is 1.73. The minimum atomic E-state index is 0.144. The lowest BCUT2D eigenvalue weighted by Crippen LogP contribution is -2.37. The predicted molar refractivity (Wildman–Crippen MR) is 85.6 cm³/mol. The van der Waals surface area contributed by atoms with Crippen molar-refractivity contribution in [2.75, 3.05) is 33.9 Å². The molecule has 0 saturated carbocycles. The number of pyridine rings is 1. The first kappa shape index (κ1) is 15.3. The van der Waals surface area contributed by atoms with Gasteiger partial charge in [-0.3, -0.25) is 9.88 Å². The molecule has 2 aromatic rings. The molecule has 6 heteroatoms. The van der Waals surface area contributed by atoms with Gasteiger partial charge in [0, 0.05) is 36.8 Å². The molecule has 0 radical (unpaired) electrons. The summed E-state index contributed by atoms with van der Waals surface area (Å²) in [6.45, 7) is 3.22. The van der Waals surface area contributed by atoms with Gasteiger partial charge in [0.2, 0.25) is 0 Å². The summed E-state index contributed by atoms with van der Waals surface area (Å²) in [6, 6.07) is 6.01. The molecular formula is C16H20N2O3S. The van der Waals surface area contributed by atoms with E-state index in [2.05, 4.69) is 27.4 Å². The summed E-state index contributed by atoms with van der Waals surface area (Å²) in [5.74, 6) is 1.43. The largest absolute Gasteiger partial charge is 0.493 e. The highest BCUT2D eigenvalue weighted by Gasteiger charge is 2.24. The first-order valence-corrected chi connectivity index (χ1v) is 8.13. The number of ether oxygens (including phenoxy) is 3. The topological polar surface area (TPSA) is 43.8 Å². The summed E-state index contributed by atoms with van der Waals surface area (Å²) in [7, 11) is 3.29. The lowest BCUT2D eigenvalue weighted by Gasteiger charge is -2.32. The molecule has 118 valence electrons. The first-order valence-electron chi connectivity index (χ1n) is 7.25. The minimum Gasteiger partial charge on any atom is -0.493 e. The fourth-order valence-corrected chi connectivity index (χ4v) is 3.43. The van der Waals surface area contributed by atoms with E-state index in [0.29, 0.717) is 5.75 Å². The van der Waals surface area contributed by atoms with E-state index in [9.17, 15) is 0 Å². The molecule has 0 N–H and O–H groups in total. The molecule has 0 aromatic carbocycles. The monoisotopic (exact) mass is 320 g/mol. The maximum Gasteiger partial charge on any atom is 0.183 e. The van der Waals surface area contributed by atoms with Gasteiger partial charge in [0.05, 0.1) is 20.8 Å². The minimum absolute atomic E-state index is 0.144. The normalized spacial score (nSPS) is 19.1. The van der Waals surface area contributed by atoms with Gasteiger partial charge < -0.3 is 14.2 Å². The summed E-state index contributed by atoms with van der Waals surface area (Å²) in [5, 5.41) is 2.09. The number of nitrogens with zero attached hydrogens (tertiary/aromatic N) is 2. The molecule has 1 saturated heterocycles. The van der Waals surface area contributed by atoms with E-state index in [1.807, 2.05) is 6.07 Å². The molecule has 2 aromatic heterocycles. The van der Waals surface area contributed by atoms with E-state index in [1.54, 1.807) is 31.8 Å². The average molecular weight is 320 g/mol. The van der Waals surface area contributed by atoms with Crippen LogP contribution in [-0.4, -0.2) is 43.8 Å². The van der Waals surface area contributed by atoms with Crippen LogP contribution in [0.1, 0.15) is 16.7 Å². The van der Waals surface area contributed by atoms with Gasteiger partial charge in [-0.1, -0.05) is 6.07 Å². The van der Waals surface area contributed by atoms with Crippen molar-refractivity contribution >= 4 is 11.3 Å². The zero-order valence-electron chi connectivity index (χ0n) is 12.8. The quantitative estimate of drug-likeness (QED) is 0.847. The molecule has 5 nitrogen and oxygen atoms in total. The van der Waals surface area contributed by atoms with Gasteiger partial charge in [-0.05, 0) is 11.4 Å². The molecule has 0 aliphatic carbocycles. The summed E-state index contributed by atoms with van der Waals surface area (Å²) in [4.78, 5) is 8.07. The summed E-state index contributed by atoms with van der Waals surface area (Å²) in [5.41, 5.74) is 0.897. The van der Waals surface area contributed by atoms with E-state index >= 15 is 0 Å². The maximum absolute atomic E-state index is 5.88. The first-order chi connectivity index (χ1) is 10.8. The Morgan fingerprint density at radius 2 is 2.27 bits per heavy atom. The molecule has 22 heavy (non-hydrogen) atoms. The van der Waals surface area contributed by atoms with Crippen molar-refractivity contribution in [3.8, 4) is 11.5 Å². The zero-order valence-corrected chi connectivity index (χ0v) is 13.6. The molecular weight excluding hydrogens is 300 g/mol. The Morgan fingerprint density at radius 3 is 3.00 bits per heavy atom. The van der Waals surface area contributed by atoms with Crippen LogP contribution in [0.5, 0.6) is 11.5 Å². The van der Waals surface area contributed by atoms with Gasteiger partial charge >= 0.3 is 0 Å². The van der Waals surface area contributed by atoms with Crippen LogP contribution in [0.2, 0.25) is 0 Å². The van der Waals surface area contributed by atoms with Crippen LogP contribution in [0, 0.1) is 0 Å². The third-order valence-electron chi connectivity index (χ3n) is 3.75. The second kappa shape index (κ2) is 7.09. The maximum atomic E-state index is 5.88. The molecule has 1 atom stereocenters. The Morgan fingerprint density at radius 1 is 1.36 bits per heavy atom. The van der Waals surface area contributed by atoms with Gasteiger partial charge in [-0.25, -0.2) is 0 Å². The molecule has 0 amide bonds. The zero-order chi connectivity index (χ0) is 15.4. The molecule has 1 aliphatic heterocycles. The Bertz CT molecular complexity index is 603. The van der Waals surface area contributed by atoms with E-state index in [4.69, 9.17) is 14.2 Å². The highest BCUT2D eigenvalue weighted by Crippen LogP contribution is 2.31. The molecule has 1 aliphatic rings. The Labute approximate surface area is 134 Å². The van der Waals surface area contributed by atoms with E-state index in [-0.39, 0.29) is 6.10 Å². The Hall–Kier alpha value is -1.63. The number of hydrogen-bond acceptors (Lipinski definition) is 6. The molecule has 0 bridgehead atoms. The van der Waals surface area contributed by atoms with Crippen LogP contribution >= 0.6 is 11.3 Å². The van der Waals surface area contributed by atoms with Crippen LogP contribution in [0.25, 0.3) is 0 Å². The van der Waals surface area contributed by atoms with E-state index in [0.717, 1.165) is 37.7 Å². The van der Waals surface area contributed by atoms with Crippen LogP contribution in [0.3, 0.4) is 0 Å². The predicted octanol–water partition coefficient (Wildman–Crippen LogP) is 2.73. The summed E-state index contributed by atoms with van der Waals surface area (Å²) < 4.78 is 16.7. The van der Waals surface area contributed by atoms with Crippen molar-refractivity contribution in [1.82, 2.24) is 9.88 Å². The lowest BCUT2D eigenvalue weighted by molar-refractivity contribution is -0.0317. The third-order valence-corrected chi connectivity index (χ3v) is 4.72. The van der Waals surface area contributed by atoms with Crippen molar-refractivity contribution in [3.63, 3.8) is 0 Å². The van der Waals surface area contributed by atoms with Crippen molar-refractivity contribution < 1.29 is 14.2 Å².